The van der Waals surface area contributed by atoms with Crippen molar-refractivity contribution < 1.29 is 35.8 Å². The van der Waals surface area contributed by atoms with Gasteiger partial charge < -0.3 is 9.47 Å². The smallest absolute Gasteiger partial charge is 0.371 e. The summed E-state index contributed by atoms with van der Waals surface area (Å²) in [6.07, 6.45) is -15.6. The molecule has 1 fully saturated rings. The lowest BCUT2D eigenvalue weighted by Crippen LogP contribution is -2.37. The molecule has 0 amide bonds. The molecule has 2 atom stereocenters. The molecule has 0 N–H and O–H groups in total. The molecule has 1 aliphatic rings. The lowest BCUT2D eigenvalue weighted by molar-refractivity contribution is -0.291. The first-order valence-corrected chi connectivity index (χ1v) is 4.05. The minimum atomic E-state index is -4.98. The summed E-state index contributed by atoms with van der Waals surface area (Å²) < 4.78 is 80.7. The van der Waals surface area contributed by atoms with Gasteiger partial charge in [-0.3, -0.25) is 0 Å². The molecule has 2 nitrogen and oxygen atoms in total. The van der Waals surface area contributed by atoms with E-state index in [4.69, 9.17) is 0 Å². The Hall–Kier alpha value is -0.500. The lowest BCUT2D eigenvalue weighted by Gasteiger charge is -2.21. The van der Waals surface area contributed by atoms with Crippen LogP contribution in [0.15, 0.2) is 0 Å². The van der Waals surface area contributed by atoms with Crippen LogP contribution in [0.25, 0.3) is 0 Å². The highest BCUT2D eigenvalue weighted by molar-refractivity contribution is 4.74. The van der Waals surface area contributed by atoms with Gasteiger partial charge in [-0.25, -0.2) is 4.39 Å². The summed E-state index contributed by atoms with van der Waals surface area (Å²) in [5, 5.41) is 0. The third kappa shape index (κ3) is 4.70. The van der Waals surface area contributed by atoms with E-state index in [-0.39, 0.29) is 6.61 Å². The van der Waals surface area contributed by atoms with E-state index in [2.05, 4.69) is 9.47 Å². The highest BCUT2D eigenvalue weighted by Gasteiger charge is 2.48. The fraction of sp³-hybridized carbons (Fsp3) is 1.00. The van der Waals surface area contributed by atoms with Gasteiger partial charge in [0.2, 0.25) is 0 Å². The Balaban J connectivity index is 2.36. The van der Waals surface area contributed by atoms with Gasteiger partial charge in [0, 0.05) is 0 Å². The SMILES string of the molecule is FC(CC(F)(F)F)C(F)(F)OCC1CO1. The van der Waals surface area contributed by atoms with E-state index in [1.165, 1.54) is 0 Å². The second-order valence-corrected chi connectivity index (χ2v) is 3.11. The molecule has 0 aromatic heterocycles. The fourth-order valence-electron chi connectivity index (χ4n) is 0.781. The van der Waals surface area contributed by atoms with E-state index in [1.54, 1.807) is 0 Å². The van der Waals surface area contributed by atoms with Crippen LogP contribution in [0.1, 0.15) is 6.42 Å². The monoisotopic (exact) mass is 238 g/mol. The maximum atomic E-state index is 12.6. The molecule has 8 heteroatoms. The predicted molar refractivity (Wildman–Crippen MR) is 36.2 cm³/mol. The molecule has 1 rings (SSSR count). The lowest BCUT2D eigenvalue weighted by atomic mass is 10.2. The van der Waals surface area contributed by atoms with Crippen LogP contribution in [-0.2, 0) is 9.47 Å². The molecule has 0 bridgehead atoms. The van der Waals surface area contributed by atoms with Crippen LogP contribution in [0.2, 0.25) is 0 Å². The van der Waals surface area contributed by atoms with Gasteiger partial charge in [0.15, 0.2) is 6.17 Å². The van der Waals surface area contributed by atoms with Crippen LogP contribution in [0.4, 0.5) is 26.3 Å². The van der Waals surface area contributed by atoms with Crippen molar-refractivity contribution in [1.29, 1.82) is 0 Å². The highest BCUT2D eigenvalue weighted by atomic mass is 19.4. The van der Waals surface area contributed by atoms with Crippen molar-refractivity contribution in [2.24, 2.45) is 0 Å². The molecule has 0 aliphatic carbocycles. The molecule has 2 unspecified atom stereocenters. The van der Waals surface area contributed by atoms with Crippen LogP contribution in [0.3, 0.4) is 0 Å². The van der Waals surface area contributed by atoms with Crippen LogP contribution in [0.5, 0.6) is 0 Å². The second-order valence-electron chi connectivity index (χ2n) is 3.11. The molecule has 1 saturated heterocycles. The number of ether oxygens (including phenoxy) is 2. The Morgan fingerprint density at radius 1 is 1.27 bits per heavy atom. The quantitative estimate of drug-likeness (QED) is 0.541. The number of halogens is 6. The van der Waals surface area contributed by atoms with E-state index < -0.39 is 37.6 Å². The summed E-state index contributed by atoms with van der Waals surface area (Å²) in [7, 11) is 0. The van der Waals surface area contributed by atoms with Crippen molar-refractivity contribution in [2.45, 2.75) is 31.0 Å². The van der Waals surface area contributed by atoms with Crippen molar-refractivity contribution in [3.63, 3.8) is 0 Å². The summed E-state index contributed by atoms with van der Waals surface area (Å²) in [5.74, 6) is 0. The van der Waals surface area contributed by atoms with Gasteiger partial charge in [-0.2, -0.15) is 22.0 Å². The van der Waals surface area contributed by atoms with E-state index >= 15 is 0 Å². The maximum Gasteiger partial charge on any atom is 0.392 e. The minimum Gasteiger partial charge on any atom is -0.371 e. The summed E-state index contributed by atoms with van der Waals surface area (Å²) in [6.45, 7) is -0.405. The topological polar surface area (TPSA) is 21.8 Å². The predicted octanol–water partition coefficient (Wildman–Crippen LogP) is 2.29. The molecule has 15 heavy (non-hydrogen) atoms. The zero-order chi connectivity index (χ0) is 11.7. The molecular weight excluding hydrogens is 230 g/mol. The number of alkyl halides is 6. The molecule has 1 heterocycles. The van der Waals surface area contributed by atoms with E-state index in [0.29, 0.717) is 0 Å². The van der Waals surface area contributed by atoms with Crippen LogP contribution in [-0.4, -0.2) is 37.8 Å². The first-order chi connectivity index (χ1) is 6.71. The van der Waals surface area contributed by atoms with Gasteiger partial charge in [-0.1, -0.05) is 0 Å². The largest absolute Gasteiger partial charge is 0.392 e. The van der Waals surface area contributed by atoms with Crippen molar-refractivity contribution in [3.8, 4) is 0 Å². The van der Waals surface area contributed by atoms with E-state index in [1.807, 2.05) is 0 Å². The number of hydrogen-bond donors (Lipinski definition) is 0. The third-order valence-corrected chi connectivity index (χ3v) is 1.64. The molecule has 1 aliphatic heterocycles. The summed E-state index contributed by atoms with van der Waals surface area (Å²) in [6, 6.07) is 0. The van der Waals surface area contributed by atoms with Gasteiger partial charge >= 0.3 is 12.3 Å². The van der Waals surface area contributed by atoms with Gasteiger partial charge in [0.05, 0.1) is 19.6 Å². The zero-order valence-corrected chi connectivity index (χ0v) is 7.36. The normalized spacial score (nSPS) is 24.0. The van der Waals surface area contributed by atoms with Crippen molar-refractivity contribution in [1.82, 2.24) is 0 Å². The van der Waals surface area contributed by atoms with Crippen molar-refractivity contribution in [2.75, 3.05) is 13.2 Å². The average Bonchev–Trinajstić information content (AvgIpc) is 2.80. The van der Waals surface area contributed by atoms with Crippen LogP contribution in [0, 0.1) is 0 Å². The van der Waals surface area contributed by atoms with Crippen LogP contribution < -0.4 is 0 Å². The number of epoxide rings is 1. The Bertz CT molecular complexity index is 212. The summed E-state index contributed by atoms with van der Waals surface area (Å²) in [4.78, 5) is 0. The number of hydrogen-bond acceptors (Lipinski definition) is 2. The maximum absolute atomic E-state index is 12.6. The molecule has 0 aromatic rings. The molecule has 0 spiro atoms. The third-order valence-electron chi connectivity index (χ3n) is 1.64. The molecular formula is C7H8F6O2. The Morgan fingerprint density at radius 3 is 2.20 bits per heavy atom. The van der Waals surface area contributed by atoms with E-state index in [0.717, 1.165) is 0 Å². The first-order valence-electron chi connectivity index (χ1n) is 4.05. The summed E-state index contributed by atoms with van der Waals surface area (Å²) >= 11 is 0. The summed E-state index contributed by atoms with van der Waals surface area (Å²) in [5.41, 5.74) is 0. The molecule has 90 valence electrons. The Labute approximate surface area is 81.1 Å². The van der Waals surface area contributed by atoms with Gasteiger partial charge in [-0.15, -0.1) is 0 Å². The average molecular weight is 238 g/mol. The highest BCUT2D eigenvalue weighted by Crippen LogP contribution is 2.33. The zero-order valence-electron chi connectivity index (χ0n) is 7.36. The Morgan fingerprint density at radius 2 is 1.80 bits per heavy atom. The van der Waals surface area contributed by atoms with Crippen molar-refractivity contribution >= 4 is 0 Å². The Kier molecular flexibility index (Phi) is 3.49. The van der Waals surface area contributed by atoms with Crippen LogP contribution >= 0.6 is 0 Å². The van der Waals surface area contributed by atoms with Crippen molar-refractivity contribution in [3.05, 3.63) is 0 Å². The van der Waals surface area contributed by atoms with Gasteiger partial charge in [0.25, 0.3) is 0 Å². The standard InChI is InChI=1S/C7H8F6O2/c8-5(1-6(9,10)11)7(12,13)15-3-4-2-14-4/h4-5H,1-3H2. The molecule has 0 radical (unpaired) electrons. The fourth-order valence-corrected chi connectivity index (χ4v) is 0.781. The molecule has 0 aromatic carbocycles. The molecule has 0 saturated carbocycles. The van der Waals surface area contributed by atoms with Gasteiger partial charge in [0.1, 0.15) is 6.10 Å². The van der Waals surface area contributed by atoms with Gasteiger partial charge in [-0.05, 0) is 0 Å². The first kappa shape index (κ1) is 12.6. The number of rotatable bonds is 5. The second kappa shape index (κ2) is 4.17. The van der Waals surface area contributed by atoms with E-state index in [9.17, 15) is 26.3 Å². The minimum absolute atomic E-state index is 0.201.